The van der Waals surface area contributed by atoms with Crippen molar-refractivity contribution in [3.05, 3.63) is 47.0 Å². The van der Waals surface area contributed by atoms with Gasteiger partial charge in [-0.3, -0.25) is 0 Å². The Hall–Kier alpha value is -3.24. The smallest absolute Gasteiger partial charge is 0.108 e. The molecule has 0 atom stereocenters. The Balaban J connectivity index is 1.57. The van der Waals surface area contributed by atoms with Gasteiger partial charge >= 0.3 is 0 Å². The van der Waals surface area contributed by atoms with Crippen LogP contribution >= 0.6 is 23.5 Å². The zero-order chi connectivity index (χ0) is 20.2. The van der Waals surface area contributed by atoms with Gasteiger partial charge in [0.05, 0.1) is 48.2 Å². The van der Waals surface area contributed by atoms with E-state index in [-0.39, 0.29) is 0 Å². The van der Waals surface area contributed by atoms with Crippen LogP contribution in [0.2, 0.25) is 0 Å². The largest absolute Gasteiger partial charge is 0.173 e. The first-order valence-electron chi connectivity index (χ1n) is 9.42. The second kappa shape index (κ2) is 6.64. The summed E-state index contributed by atoms with van der Waals surface area (Å²) in [6.45, 7) is 4.13. The van der Waals surface area contributed by atoms with E-state index in [1.807, 2.05) is 24.8 Å². The van der Waals surface area contributed by atoms with Crippen molar-refractivity contribution in [2.75, 3.05) is 0 Å². The van der Waals surface area contributed by atoms with Crippen LogP contribution in [0, 0.1) is 13.8 Å². The van der Waals surface area contributed by atoms with E-state index >= 15 is 0 Å². The molecular weight excluding hydrogens is 416 g/mol. The van der Waals surface area contributed by atoms with E-state index in [0.29, 0.717) is 0 Å². The predicted octanol–water partition coefficient (Wildman–Crippen LogP) is 3.98. The first-order chi connectivity index (χ1) is 14.7. The Bertz CT molecular complexity index is 1470. The standard InChI is InChI=1S/C20H14N8S2/c1-9-13-5-21-23-7-15(13)11(19-17(9)25-29-27-19)3-4-12-16-8-24-22-6-14(16)10(2)18-20(12)28-30-26-18/h5-8H,3-4H2,1-2H3. The fourth-order valence-electron chi connectivity index (χ4n) is 4.25. The quantitative estimate of drug-likeness (QED) is 0.415. The molecule has 8 nitrogen and oxygen atoms in total. The second-order valence-corrected chi connectivity index (χ2v) is 8.32. The third-order valence-corrected chi connectivity index (χ3v) is 6.86. The van der Waals surface area contributed by atoms with Crippen LogP contribution in [0.15, 0.2) is 24.8 Å². The Labute approximate surface area is 178 Å². The molecule has 0 spiro atoms. The molecule has 0 radical (unpaired) electrons. The Morgan fingerprint density at radius 3 is 1.33 bits per heavy atom. The summed E-state index contributed by atoms with van der Waals surface area (Å²) in [6.07, 6.45) is 8.83. The summed E-state index contributed by atoms with van der Waals surface area (Å²) in [4.78, 5) is 0. The summed E-state index contributed by atoms with van der Waals surface area (Å²) in [5, 5.41) is 20.7. The molecule has 0 saturated carbocycles. The first kappa shape index (κ1) is 17.6. The molecule has 10 heteroatoms. The number of aromatic nitrogens is 8. The highest BCUT2D eigenvalue weighted by Crippen LogP contribution is 2.34. The van der Waals surface area contributed by atoms with E-state index in [0.717, 1.165) is 78.7 Å². The van der Waals surface area contributed by atoms with Crippen LogP contribution in [0.5, 0.6) is 0 Å². The van der Waals surface area contributed by atoms with Gasteiger partial charge in [-0.05, 0) is 48.9 Å². The van der Waals surface area contributed by atoms with Crippen LogP contribution in [-0.2, 0) is 12.8 Å². The molecule has 0 bridgehead atoms. The van der Waals surface area contributed by atoms with Crippen LogP contribution in [0.3, 0.4) is 0 Å². The molecule has 0 amide bonds. The highest BCUT2D eigenvalue weighted by Gasteiger charge is 2.19. The summed E-state index contributed by atoms with van der Waals surface area (Å²) in [5.74, 6) is 0. The summed E-state index contributed by atoms with van der Waals surface area (Å²) in [7, 11) is 0. The molecule has 30 heavy (non-hydrogen) atoms. The third-order valence-electron chi connectivity index (χ3n) is 5.80. The van der Waals surface area contributed by atoms with Crippen LogP contribution in [0.4, 0.5) is 0 Å². The normalized spacial score (nSPS) is 11.9. The minimum Gasteiger partial charge on any atom is -0.173 e. The van der Waals surface area contributed by atoms with Crippen molar-refractivity contribution >= 4 is 67.1 Å². The lowest BCUT2D eigenvalue weighted by Crippen LogP contribution is -2.00. The SMILES string of the molecule is Cc1c2cnncc2c(CCc2c3cnncc3c(C)c3nsnc23)c2nsnc12. The Morgan fingerprint density at radius 2 is 0.900 bits per heavy atom. The number of nitrogens with zero attached hydrogens (tertiary/aromatic N) is 8. The fourth-order valence-corrected chi connectivity index (χ4v) is 5.50. The van der Waals surface area contributed by atoms with Gasteiger partial charge in [-0.2, -0.15) is 37.9 Å². The Kier molecular flexibility index (Phi) is 3.90. The molecule has 6 rings (SSSR count). The van der Waals surface area contributed by atoms with Crippen molar-refractivity contribution in [3.63, 3.8) is 0 Å². The van der Waals surface area contributed by atoms with E-state index in [9.17, 15) is 0 Å². The number of aryl methyl sites for hydroxylation is 4. The monoisotopic (exact) mass is 430 g/mol. The van der Waals surface area contributed by atoms with E-state index < -0.39 is 0 Å². The van der Waals surface area contributed by atoms with Crippen molar-refractivity contribution in [2.45, 2.75) is 26.7 Å². The summed E-state index contributed by atoms with van der Waals surface area (Å²) < 4.78 is 18.3. The average Bonchev–Trinajstić information content (AvgIpc) is 3.46. The molecule has 0 unspecified atom stereocenters. The van der Waals surface area contributed by atoms with Crippen LogP contribution in [-0.4, -0.2) is 37.9 Å². The lowest BCUT2D eigenvalue weighted by Gasteiger charge is -2.12. The van der Waals surface area contributed by atoms with Gasteiger partial charge in [0.25, 0.3) is 0 Å². The molecule has 6 aromatic rings. The number of benzene rings is 2. The van der Waals surface area contributed by atoms with E-state index in [2.05, 4.69) is 51.7 Å². The summed E-state index contributed by atoms with van der Waals surface area (Å²) in [6, 6.07) is 0. The average molecular weight is 431 g/mol. The minimum atomic E-state index is 0.775. The topological polar surface area (TPSA) is 103 Å². The van der Waals surface area contributed by atoms with E-state index in [1.165, 1.54) is 23.5 Å². The highest BCUT2D eigenvalue weighted by atomic mass is 32.1. The van der Waals surface area contributed by atoms with Crippen molar-refractivity contribution in [2.24, 2.45) is 0 Å². The molecule has 0 fully saturated rings. The number of hydrogen-bond donors (Lipinski definition) is 0. The van der Waals surface area contributed by atoms with Gasteiger partial charge in [-0.1, -0.05) is 0 Å². The predicted molar refractivity (Wildman–Crippen MR) is 118 cm³/mol. The molecule has 2 aromatic carbocycles. The van der Waals surface area contributed by atoms with Crippen LogP contribution in [0.1, 0.15) is 22.3 Å². The van der Waals surface area contributed by atoms with Gasteiger partial charge in [0.1, 0.15) is 22.1 Å². The molecule has 0 aliphatic carbocycles. The summed E-state index contributed by atoms with van der Waals surface area (Å²) in [5.41, 5.74) is 8.24. The van der Waals surface area contributed by atoms with E-state index in [1.54, 1.807) is 0 Å². The second-order valence-electron chi connectivity index (χ2n) is 7.26. The lowest BCUT2D eigenvalue weighted by atomic mass is 9.93. The maximum atomic E-state index is 4.60. The van der Waals surface area contributed by atoms with Gasteiger partial charge in [-0.25, -0.2) is 0 Å². The van der Waals surface area contributed by atoms with Gasteiger partial charge in [0.2, 0.25) is 0 Å². The molecule has 0 aliphatic heterocycles. The molecule has 0 saturated heterocycles. The number of rotatable bonds is 3. The minimum absolute atomic E-state index is 0.775. The zero-order valence-electron chi connectivity index (χ0n) is 16.1. The summed E-state index contributed by atoms with van der Waals surface area (Å²) >= 11 is 2.48. The Morgan fingerprint density at radius 1 is 0.533 bits per heavy atom. The molecule has 0 aliphatic rings. The molecular formula is C20H14N8S2. The highest BCUT2D eigenvalue weighted by molar-refractivity contribution is 7.00. The maximum Gasteiger partial charge on any atom is 0.108 e. The first-order valence-corrected chi connectivity index (χ1v) is 10.9. The van der Waals surface area contributed by atoms with Crippen molar-refractivity contribution < 1.29 is 0 Å². The van der Waals surface area contributed by atoms with Gasteiger partial charge in [0.15, 0.2) is 0 Å². The number of hydrogen-bond acceptors (Lipinski definition) is 10. The fraction of sp³-hybridized carbons (Fsp3) is 0.200. The maximum absolute atomic E-state index is 4.60. The van der Waals surface area contributed by atoms with Gasteiger partial charge < -0.3 is 0 Å². The molecule has 4 heterocycles. The number of fused-ring (bicyclic) bond motifs is 4. The van der Waals surface area contributed by atoms with Gasteiger partial charge in [-0.15, -0.1) is 0 Å². The van der Waals surface area contributed by atoms with Crippen molar-refractivity contribution in [1.29, 1.82) is 0 Å². The molecule has 146 valence electrons. The van der Waals surface area contributed by atoms with Crippen molar-refractivity contribution in [3.8, 4) is 0 Å². The lowest BCUT2D eigenvalue weighted by molar-refractivity contribution is 0.978. The zero-order valence-corrected chi connectivity index (χ0v) is 17.8. The van der Waals surface area contributed by atoms with Crippen LogP contribution in [0.25, 0.3) is 43.6 Å². The van der Waals surface area contributed by atoms with Gasteiger partial charge in [0, 0.05) is 21.5 Å². The molecule has 0 N–H and O–H groups in total. The van der Waals surface area contributed by atoms with E-state index in [4.69, 9.17) is 0 Å². The van der Waals surface area contributed by atoms with Crippen molar-refractivity contribution in [1.82, 2.24) is 37.9 Å². The van der Waals surface area contributed by atoms with Crippen LogP contribution < -0.4 is 0 Å². The third kappa shape index (κ3) is 2.44. The molecule has 4 aromatic heterocycles.